The minimum absolute atomic E-state index is 0.0862. The van der Waals surface area contributed by atoms with Gasteiger partial charge in [0.1, 0.15) is 0 Å². The molecule has 1 heterocycles. The van der Waals surface area contributed by atoms with Crippen LogP contribution in [-0.2, 0) is 4.74 Å². The Bertz CT molecular complexity index is 244. The fourth-order valence-electron chi connectivity index (χ4n) is 3.15. The Balaban J connectivity index is 2.15. The molecule has 0 aromatic carbocycles. The van der Waals surface area contributed by atoms with Crippen molar-refractivity contribution < 1.29 is 14.9 Å². The fraction of sp³-hybridized carbons (Fsp3) is 1.00. The first kappa shape index (κ1) is 12.3. The second kappa shape index (κ2) is 3.97. The van der Waals surface area contributed by atoms with Crippen LogP contribution >= 0.6 is 0 Å². The molecule has 1 atom stereocenters. The molecular weight excluding hydrogens is 204 g/mol. The lowest BCUT2D eigenvalue weighted by Gasteiger charge is -2.49. The van der Waals surface area contributed by atoms with Gasteiger partial charge in [0, 0.05) is 18.4 Å². The minimum atomic E-state index is -0.793. The van der Waals surface area contributed by atoms with Crippen molar-refractivity contribution in [2.45, 2.75) is 51.6 Å². The molecule has 2 fully saturated rings. The van der Waals surface area contributed by atoms with Crippen molar-refractivity contribution >= 4 is 0 Å². The summed E-state index contributed by atoms with van der Waals surface area (Å²) in [6, 6.07) is 0. The summed E-state index contributed by atoms with van der Waals surface area (Å²) >= 11 is 0. The van der Waals surface area contributed by atoms with Gasteiger partial charge in [-0.1, -0.05) is 13.8 Å². The van der Waals surface area contributed by atoms with Crippen molar-refractivity contribution in [1.82, 2.24) is 0 Å². The van der Waals surface area contributed by atoms with Crippen LogP contribution in [0.15, 0.2) is 0 Å². The standard InChI is InChI=1S/C13H24O3/c1-11(2)3-5-12(9-14,6-4-11)13(15)7-8-16-10-13/h14-15H,3-10H2,1-2H3. The van der Waals surface area contributed by atoms with Crippen LogP contribution in [0.5, 0.6) is 0 Å². The maximum absolute atomic E-state index is 10.7. The van der Waals surface area contributed by atoms with Crippen LogP contribution in [0.4, 0.5) is 0 Å². The fourth-order valence-corrected chi connectivity index (χ4v) is 3.15. The van der Waals surface area contributed by atoms with Crippen molar-refractivity contribution in [3.8, 4) is 0 Å². The molecule has 2 rings (SSSR count). The quantitative estimate of drug-likeness (QED) is 0.756. The third kappa shape index (κ3) is 1.89. The van der Waals surface area contributed by atoms with E-state index in [0.717, 1.165) is 25.7 Å². The van der Waals surface area contributed by atoms with Crippen molar-refractivity contribution in [3.05, 3.63) is 0 Å². The second-order valence-electron chi connectivity index (χ2n) is 6.44. The van der Waals surface area contributed by atoms with E-state index in [9.17, 15) is 10.2 Å². The molecule has 0 radical (unpaired) electrons. The van der Waals surface area contributed by atoms with Gasteiger partial charge in [0.25, 0.3) is 0 Å². The molecule has 0 spiro atoms. The summed E-state index contributed by atoms with van der Waals surface area (Å²) in [5.74, 6) is 0. The summed E-state index contributed by atoms with van der Waals surface area (Å²) in [4.78, 5) is 0. The number of ether oxygens (including phenoxy) is 1. The molecule has 0 amide bonds. The highest BCUT2D eigenvalue weighted by atomic mass is 16.5. The van der Waals surface area contributed by atoms with Gasteiger partial charge in [-0.2, -0.15) is 0 Å². The molecule has 1 saturated carbocycles. The van der Waals surface area contributed by atoms with E-state index in [1.165, 1.54) is 0 Å². The smallest absolute Gasteiger partial charge is 0.0979 e. The topological polar surface area (TPSA) is 49.7 Å². The Kier molecular flexibility index (Phi) is 3.06. The van der Waals surface area contributed by atoms with Crippen molar-refractivity contribution in [1.29, 1.82) is 0 Å². The molecule has 1 saturated heterocycles. The van der Waals surface area contributed by atoms with Gasteiger partial charge in [-0.15, -0.1) is 0 Å². The lowest BCUT2D eigenvalue weighted by molar-refractivity contribution is -0.138. The first-order valence-corrected chi connectivity index (χ1v) is 6.34. The highest BCUT2D eigenvalue weighted by molar-refractivity contribution is 5.04. The van der Waals surface area contributed by atoms with E-state index in [-0.39, 0.29) is 12.0 Å². The summed E-state index contributed by atoms with van der Waals surface area (Å²) in [6.07, 6.45) is 4.66. The van der Waals surface area contributed by atoms with Gasteiger partial charge in [0.2, 0.25) is 0 Å². The van der Waals surface area contributed by atoms with Crippen LogP contribution in [0, 0.1) is 10.8 Å². The number of rotatable bonds is 2. The Hall–Kier alpha value is -0.120. The SMILES string of the molecule is CC1(C)CCC(CO)(C2(O)CCOC2)CC1. The van der Waals surface area contributed by atoms with E-state index in [0.29, 0.717) is 25.0 Å². The van der Waals surface area contributed by atoms with Crippen molar-refractivity contribution in [2.24, 2.45) is 10.8 Å². The van der Waals surface area contributed by atoms with E-state index < -0.39 is 5.60 Å². The number of hydrogen-bond donors (Lipinski definition) is 2. The third-order valence-corrected chi connectivity index (χ3v) is 4.85. The molecule has 1 aliphatic heterocycles. The van der Waals surface area contributed by atoms with Gasteiger partial charge >= 0.3 is 0 Å². The van der Waals surface area contributed by atoms with Gasteiger partial charge in [-0.25, -0.2) is 0 Å². The first-order valence-electron chi connectivity index (χ1n) is 6.34. The predicted octanol–water partition coefficient (Wildman–Crippen LogP) is 1.72. The summed E-state index contributed by atoms with van der Waals surface area (Å²) in [5.41, 5.74) is -0.758. The number of aliphatic hydroxyl groups is 2. The zero-order valence-corrected chi connectivity index (χ0v) is 10.5. The van der Waals surface area contributed by atoms with E-state index >= 15 is 0 Å². The van der Waals surface area contributed by atoms with Crippen LogP contribution < -0.4 is 0 Å². The van der Waals surface area contributed by atoms with E-state index in [2.05, 4.69) is 13.8 Å². The van der Waals surface area contributed by atoms with Gasteiger partial charge in [0.15, 0.2) is 0 Å². The molecular formula is C13H24O3. The molecule has 1 aliphatic carbocycles. The highest BCUT2D eigenvalue weighted by Crippen LogP contribution is 2.52. The zero-order valence-electron chi connectivity index (χ0n) is 10.5. The number of aliphatic hydroxyl groups excluding tert-OH is 1. The van der Waals surface area contributed by atoms with Crippen LogP contribution in [0.3, 0.4) is 0 Å². The molecule has 2 N–H and O–H groups in total. The summed E-state index contributed by atoms with van der Waals surface area (Å²) in [7, 11) is 0. The van der Waals surface area contributed by atoms with Gasteiger partial charge in [0.05, 0.1) is 18.8 Å². The van der Waals surface area contributed by atoms with Gasteiger partial charge in [-0.3, -0.25) is 0 Å². The van der Waals surface area contributed by atoms with Crippen LogP contribution in [0.2, 0.25) is 0 Å². The number of hydrogen-bond acceptors (Lipinski definition) is 3. The van der Waals surface area contributed by atoms with Gasteiger partial charge < -0.3 is 14.9 Å². The average molecular weight is 228 g/mol. The predicted molar refractivity (Wildman–Crippen MR) is 62.2 cm³/mol. The molecule has 1 unspecified atom stereocenters. The Morgan fingerprint density at radius 1 is 1.06 bits per heavy atom. The van der Waals surface area contributed by atoms with Gasteiger partial charge in [-0.05, 0) is 31.1 Å². The monoisotopic (exact) mass is 228 g/mol. The van der Waals surface area contributed by atoms with E-state index in [4.69, 9.17) is 4.74 Å². The lowest BCUT2D eigenvalue weighted by Crippen LogP contribution is -2.53. The summed E-state index contributed by atoms with van der Waals surface area (Å²) in [6.45, 7) is 5.64. The maximum atomic E-state index is 10.7. The Labute approximate surface area is 97.8 Å². The Morgan fingerprint density at radius 2 is 1.69 bits per heavy atom. The van der Waals surface area contributed by atoms with Crippen molar-refractivity contribution in [2.75, 3.05) is 19.8 Å². The summed E-state index contributed by atoms with van der Waals surface area (Å²) < 4.78 is 5.33. The lowest BCUT2D eigenvalue weighted by atomic mass is 9.58. The molecule has 3 heteroatoms. The normalized spacial score (nSPS) is 37.5. The Morgan fingerprint density at radius 3 is 2.12 bits per heavy atom. The highest BCUT2D eigenvalue weighted by Gasteiger charge is 2.54. The zero-order chi connectivity index (χ0) is 11.9. The maximum Gasteiger partial charge on any atom is 0.0979 e. The van der Waals surface area contributed by atoms with E-state index in [1.54, 1.807) is 0 Å². The van der Waals surface area contributed by atoms with Crippen molar-refractivity contribution in [3.63, 3.8) is 0 Å². The molecule has 0 aromatic heterocycles. The molecule has 16 heavy (non-hydrogen) atoms. The first-order chi connectivity index (χ1) is 7.43. The average Bonchev–Trinajstić information content (AvgIpc) is 2.67. The van der Waals surface area contributed by atoms with Crippen LogP contribution in [0.1, 0.15) is 46.0 Å². The second-order valence-corrected chi connectivity index (χ2v) is 6.44. The molecule has 0 bridgehead atoms. The van der Waals surface area contributed by atoms with Crippen LogP contribution in [0.25, 0.3) is 0 Å². The van der Waals surface area contributed by atoms with Crippen LogP contribution in [-0.4, -0.2) is 35.6 Å². The molecule has 0 aromatic rings. The largest absolute Gasteiger partial charge is 0.396 e. The third-order valence-electron chi connectivity index (χ3n) is 4.85. The molecule has 3 nitrogen and oxygen atoms in total. The molecule has 94 valence electrons. The van der Waals surface area contributed by atoms with E-state index in [1.807, 2.05) is 0 Å². The molecule has 2 aliphatic rings. The minimum Gasteiger partial charge on any atom is -0.396 e. The summed E-state index contributed by atoms with van der Waals surface area (Å²) in [5, 5.41) is 20.4.